The van der Waals surface area contributed by atoms with Crippen molar-refractivity contribution in [2.75, 3.05) is 6.54 Å². The first kappa shape index (κ1) is 14.8. The van der Waals surface area contributed by atoms with Crippen LogP contribution in [0.4, 0.5) is 0 Å². The molecule has 0 heterocycles. The van der Waals surface area contributed by atoms with E-state index in [1.165, 1.54) is 5.56 Å². The van der Waals surface area contributed by atoms with Crippen molar-refractivity contribution >= 4 is 10.0 Å². The van der Waals surface area contributed by atoms with Crippen LogP contribution in [0, 0.1) is 6.92 Å². The van der Waals surface area contributed by atoms with E-state index in [0.29, 0.717) is 11.4 Å². The summed E-state index contributed by atoms with van der Waals surface area (Å²) in [4.78, 5) is 0.361. The molecule has 0 spiro atoms. The van der Waals surface area contributed by atoms with Crippen LogP contribution in [-0.4, -0.2) is 15.0 Å². The zero-order chi connectivity index (χ0) is 14.4. The molecule has 0 bridgehead atoms. The van der Waals surface area contributed by atoms with Gasteiger partial charge in [0.15, 0.2) is 0 Å². The van der Waals surface area contributed by atoms with Crippen LogP contribution in [-0.2, 0) is 16.4 Å². The van der Waals surface area contributed by atoms with Crippen molar-refractivity contribution in [1.82, 2.24) is 4.72 Å². The molecule has 1 N–H and O–H groups in total. The molecule has 0 aliphatic rings. The van der Waals surface area contributed by atoms with E-state index in [4.69, 9.17) is 0 Å². The Bertz CT molecular complexity index is 651. The average Bonchev–Trinajstić information content (AvgIpc) is 2.45. The van der Waals surface area contributed by atoms with Gasteiger partial charge in [-0.25, -0.2) is 13.1 Å². The van der Waals surface area contributed by atoms with Crippen LogP contribution in [0.3, 0.4) is 0 Å². The zero-order valence-electron chi connectivity index (χ0n) is 11.5. The van der Waals surface area contributed by atoms with Gasteiger partial charge in [0.2, 0.25) is 10.0 Å². The van der Waals surface area contributed by atoms with Gasteiger partial charge in [0, 0.05) is 6.54 Å². The third kappa shape index (κ3) is 3.92. The molecule has 4 heteroatoms. The Labute approximate surface area is 120 Å². The molecule has 0 aromatic heterocycles. The van der Waals surface area contributed by atoms with Crippen molar-refractivity contribution in [3.63, 3.8) is 0 Å². The van der Waals surface area contributed by atoms with Gasteiger partial charge in [0.1, 0.15) is 0 Å². The Balaban J connectivity index is 1.89. The number of hydrogen-bond acceptors (Lipinski definition) is 2. The second-order valence-electron chi connectivity index (χ2n) is 4.75. The minimum atomic E-state index is -3.40. The number of aryl methyl sites for hydroxylation is 2. The maximum absolute atomic E-state index is 12.2. The maximum Gasteiger partial charge on any atom is 0.240 e. The first-order chi connectivity index (χ1) is 9.59. The molecule has 0 aliphatic heterocycles. The lowest BCUT2D eigenvalue weighted by molar-refractivity contribution is 0.578. The van der Waals surface area contributed by atoms with E-state index < -0.39 is 10.0 Å². The quantitative estimate of drug-likeness (QED) is 0.831. The van der Waals surface area contributed by atoms with Gasteiger partial charge in [0.25, 0.3) is 0 Å². The highest BCUT2D eigenvalue weighted by molar-refractivity contribution is 7.89. The van der Waals surface area contributed by atoms with E-state index >= 15 is 0 Å². The molecule has 0 unspecified atom stereocenters. The topological polar surface area (TPSA) is 46.2 Å². The first-order valence-corrected chi connectivity index (χ1v) is 8.17. The van der Waals surface area contributed by atoms with Crippen LogP contribution in [0.5, 0.6) is 0 Å². The summed E-state index contributed by atoms with van der Waals surface area (Å²) < 4.78 is 27.0. The molecule has 0 atom stereocenters. The fourth-order valence-corrected chi connectivity index (χ4v) is 3.40. The third-order valence-electron chi connectivity index (χ3n) is 3.16. The number of benzene rings is 2. The van der Waals surface area contributed by atoms with Gasteiger partial charge in [-0.15, -0.1) is 0 Å². The fourth-order valence-electron chi connectivity index (χ4n) is 2.08. The molecular formula is C16H19NO2S. The van der Waals surface area contributed by atoms with E-state index in [-0.39, 0.29) is 0 Å². The first-order valence-electron chi connectivity index (χ1n) is 6.69. The van der Waals surface area contributed by atoms with E-state index in [1.54, 1.807) is 25.1 Å². The van der Waals surface area contributed by atoms with E-state index in [2.05, 4.69) is 16.9 Å². The molecule has 0 saturated carbocycles. The second kappa shape index (κ2) is 6.68. The number of rotatable bonds is 6. The van der Waals surface area contributed by atoms with E-state index in [1.807, 2.05) is 24.3 Å². The summed E-state index contributed by atoms with van der Waals surface area (Å²) in [7, 11) is -3.40. The van der Waals surface area contributed by atoms with Crippen molar-refractivity contribution in [3.05, 3.63) is 65.7 Å². The third-order valence-corrected chi connectivity index (χ3v) is 4.78. The molecular weight excluding hydrogens is 270 g/mol. The lowest BCUT2D eigenvalue weighted by atomic mass is 10.1. The molecule has 0 fully saturated rings. The number of hydrogen-bond donors (Lipinski definition) is 1. The van der Waals surface area contributed by atoms with E-state index in [0.717, 1.165) is 18.4 Å². The van der Waals surface area contributed by atoms with Crippen LogP contribution in [0.15, 0.2) is 59.5 Å². The monoisotopic (exact) mass is 289 g/mol. The Morgan fingerprint density at radius 2 is 1.60 bits per heavy atom. The molecule has 2 aromatic rings. The average molecular weight is 289 g/mol. The molecule has 0 aliphatic carbocycles. The van der Waals surface area contributed by atoms with Crippen molar-refractivity contribution in [3.8, 4) is 0 Å². The fraction of sp³-hybridized carbons (Fsp3) is 0.250. The van der Waals surface area contributed by atoms with Gasteiger partial charge in [-0.3, -0.25) is 0 Å². The molecule has 0 saturated heterocycles. The summed E-state index contributed by atoms with van der Waals surface area (Å²) in [6.07, 6.45) is 1.66. The molecule has 3 nitrogen and oxygen atoms in total. The van der Waals surface area contributed by atoms with Crippen molar-refractivity contribution < 1.29 is 8.42 Å². The van der Waals surface area contributed by atoms with Gasteiger partial charge in [-0.2, -0.15) is 0 Å². The zero-order valence-corrected chi connectivity index (χ0v) is 12.4. The van der Waals surface area contributed by atoms with Gasteiger partial charge < -0.3 is 0 Å². The molecule has 0 amide bonds. The van der Waals surface area contributed by atoms with Crippen molar-refractivity contribution in [2.24, 2.45) is 0 Å². The number of sulfonamides is 1. The summed E-state index contributed by atoms with van der Waals surface area (Å²) in [5.74, 6) is 0. The Morgan fingerprint density at radius 1 is 0.950 bits per heavy atom. The SMILES string of the molecule is Cc1ccccc1S(=O)(=O)NCCCc1ccccc1. The molecule has 2 aromatic carbocycles. The van der Waals surface area contributed by atoms with Crippen LogP contribution >= 0.6 is 0 Å². The molecule has 20 heavy (non-hydrogen) atoms. The van der Waals surface area contributed by atoms with Crippen LogP contribution < -0.4 is 4.72 Å². The highest BCUT2D eigenvalue weighted by Crippen LogP contribution is 2.13. The standard InChI is InChI=1S/C16H19NO2S/c1-14-8-5-6-12-16(14)20(18,19)17-13-7-11-15-9-3-2-4-10-15/h2-6,8-10,12,17H,7,11,13H2,1H3. The predicted molar refractivity (Wildman–Crippen MR) is 81.1 cm³/mol. The summed E-state index contributed by atoms with van der Waals surface area (Å²) in [6, 6.07) is 17.1. The minimum Gasteiger partial charge on any atom is -0.211 e. The van der Waals surface area contributed by atoms with E-state index in [9.17, 15) is 8.42 Å². The smallest absolute Gasteiger partial charge is 0.211 e. The Morgan fingerprint density at radius 3 is 2.30 bits per heavy atom. The minimum absolute atomic E-state index is 0.361. The Kier molecular flexibility index (Phi) is 4.93. The number of nitrogens with one attached hydrogen (secondary N) is 1. The predicted octanol–water partition coefficient (Wildman–Crippen LogP) is 2.91. The Hall–Kier alpha value is -1.65. The summed E-state index contributed by atoms with van der Waals surface area (Å²) in [6.45, 7) is 2.25. The van der Waals surface area contributed by atoms with Crippen LogP contribution in [0.2, 0.25) is 0 Å². The highest BCUT2D eigenvalue weighted by Gasteiger charge is 2.14. The second-order valence-corrected chi connectivity index (χ2v) is 6.49. The largest absolute Gasteiger partial charge is 0.240 e. The summed E-state index contributed by atoms with van der Waals surface area (Å²) in [5, 5.41) is 0. The van der Waals surface area contributed by atoms with Gasteiger partial charge in [-0.1, -0.05) is 48.5 Å². The highest BCUT2D eigenvalue weighted by atomic mass is 32.2. The van der Waals surface area contributed by atoms with Gasteiger partial charge in [0.05, 0.1) is 4.90 Å². The lowest BCUT2D eigenvalue weighted by Crippen LogP contribution is -2.25. The molecule has 2 rings (SSSR count). The van der Waals surface area contributed by atoms with Crippen LogP contribution in [0.25, 0.3) is 0 Å². The summed E-state index contributed by atoms with van der Waals surface area (Å²) in [5.41, 5.74) is 1.99. The normalized spacial score (nSPS) is 11.4. The molecule has 0 radical (unpaired) electrons. The van der Waals surface area contributed by atoms with Crippen LogP contribution in [0.1, 0.15) is 17.5 Å². The van der Waals surface area contributed by atoms with Crippen molar-refractivity contribution in [2.45, 2.75) is 24.7 Å². The maximum atomic E-state index is 12.2. The van der Waals surface area contributed by atoms with Gasteiger partial charge >= 0.3 is 0 Å². The van der Waals surface area contributed by atoms with Crippen molar-refractivity contribution in [1.29, 1.82) is 0 Å². The molecule has 106 valence electrons. The lowest BCUT2D eigenvalue weighted by Gasteiger charge is -2.09. The van der Waals surface area contributed by atoms with Gasteiger partial charge in [-0.05, 0) is 37.0 Å². The summed E-state index contributed by atoms with van der Waals surface area (Å²) >= 11 is 0.